The minimum Gasteiger partial charge on any atom is -0.415 e. The lowest BCUT2D eigenvalue weighted by molar-refractivity contribution is -0.438. The number of para-hydroxylation sites is 1. The molecule has 0 saturated carbocycles. The van der Waals surface area contributed by atoms with Gasteiger partial charge in [-0.1, -0.05) is 17.7 Å². The van der Waals surface area contributed by atoms with E-state index in [-0.39, 0.29) is 0 Å². The molecule has 1 rings (SSSR count). The second kappa shape index (κ2) is 3.99. The third kappa shape index (κ3) is 2.51. The Morgan fingerprint density at radius 3 is 2.46 bits per heavy atom. The molecule has 2 heteroatoms. The van der Waals surface area contributed by atoms with Crippen molar-refractivity contribution in [2.24, 2.45) is 0 Å². The minimum absolute atomic E-state index is 1.19. The summed E-state index contributed by atoms with van der Waals surface area (Å²) in [4.78, 5) is 2.09. The van der Waals surface area contributed by atoms with Crippen molar-refractivity contribution in [3.8, 4) is 0 Å². The van der Waals surface area contributed by atoms with Crippen LogP contribution in [0.4, 0.5) is 5.69 Å². The van der Waals surface area contributed by atoms with Gasteiger partial charge in [0.1, 0.15) is 7.05 Å². The zero-order valence-corrected chi connectivity index (χ0v) is 8.49. The Morgan fingerprint density at radius 1 is 1.31 bits per heavy atom. The molecular weight excluding hydrogens is 160 g/mol. The Morgan fingerprint density at radius 2 is 1.92 bits per heavy atom. The summed E-state index contributed by atoms with van der Waals surface area (Å²) in [5.74, 6) is 0. The predicted octanol–water partition coefficient (Wildman–Crippen LogP) is 1.61. The summed E-state index contributed by atoms with van der Waals surface area (Å²) in [6.07, 6.45) is 0. The summed E-state index contributed by atoms with van der Waals surface area (Å²) in [6.45, 7) is 5.80. The Bertz CT molecular complexity index is 303. The van der Waals surface area contributed by atoms with Gasteiger partial charge in [0, 0.05) is 0 Å². The van der Waals surface area contributed by atoms with E-state index in [1.165, 1.54) is 11.3 Å². The first-order chi connectivity index (χ1) is 6.11. The lowest BCUT2D eigenvalue weighted by Crippen LogP contribution is -2.12. The monoisotopic (exact) mass is 176 g/mol. The molecule has 13 heavy (non-hydrogen) atoms. The van der Waals surface area contributed by atoms with E-state index in [9.17, 15) is 0 Å². The number of hydrogen-bond acceptors (Lipinski definition) is 1. The maximum Gasteiger partial charge on any atom is 0.120 e. The van der Waals surface area contributed by atoms with Gasteiger partial charge in [-0.05, 0) is 19.8 Å². The molecule has 0 fully saturated rings. The second-order valence-corrected chi connectivity index (χ2v) is 3.34. The molecule has 0 aliphatic heterocycles. The van der Waals surface area contributed by atoms with E-state index in [1.54, 1.807) is 0 Å². The maximum atomic E-state index is 3.79. The Balaban J connectivity index is 2.97. The van der Waals surface area contributed by atoms with Gasteiger partial charge in [0.2, 0.25) is 0 Å². The summed E-state index contributed by atoms with van der Waals surface area (Å²) in [5, 5.41) is 0. The number of nitrogens with zero attached hydrogens (tertiary/aromatic N) is 2. The third-order valence-corrected chi connectivity index (χ3v) is 1.78. The molecule has 0 heterocycles. The molecule has 0 aliphatic rings. The molecule has 0 atom stereocenters. The zero-order chi connectivity index (χ0) is 9.84. The largest absolute Gasteiger partial charge is 0.415 e. The summed E-state index contributed by atoms with van der Waals surface area (Å²) >= 11 is 0. The standard InChI is InChI=1S/C11H16N2/c1-12(2)9-10-7-5-6-8-11(10)13(3)4/h5-9H,1H2,2-4H3. The van der Waals surface area contributed by atoms with Crippen molar-refractivity contribution < 1.29 is 4.58 Å². The van der Waals surface area contributed by atoms with Gasteiger partial charge in [-0.3, -0.25) is 4.58 Å². The molecule has 0 aromatic heterocycles. The van der Waals surface area contributed by atoms with Crippen LogP contribution in [0.5, 0.6) is 0 Å². The van der Waals surface area contributed by atoms with Gasteiger partial charge >= 0.3 is 0 Å². The number of anilines is 1. The van der Waals surface area contributed by atoms with Crippen LogP contribution in [0.2, 0.25) is 0 Å². The molecule has 0 unspecified atom stereocenters. The molecule has 0 saturated heterocycles. The van der Waals surface area contributed by atoms with Crippen molar-refractivity contribution in [1.29, 1.82) is 0 Å². The predicted molar refractivity (Wildman–Crippen MR) is 57.5 cm³/mol. The molecule has 1 aromatic rings. The first-order valence-corrected chi connectivity index (χ1v) is 4.26. The van der Waals surface area contributed by atoms with Crippen molar-refractivity contribution in [2.45, 2.75) is 0 Å². The van der Waals surface area contributed by atoms with Crippen LogP contribution in [0.25, 0.3) is 0 Å². The van der Waals surface area contributed by atoms with Crippen LogP contribution in [-0.2, 0) is 0 Å². The highest BCUT2D eigenvalue weighted by atomic mass is 15.1. The number of rotatable bonds is 3. The third-order valence-electron chi connectivity index (χ3n) is 1.78. The van der Waals surface area contributed by atoms with Crippen molar-refractivity contribution in [2.75, 3.05) is 26.0 Å². The number of hydrogen-bond donors (Lipinski definition) is 0. The highest BCUT2D eigenvalue weighted by Crippen LogP contribution is 2.18. The first kappa shape index (κ1) is 9.65. The molecular formula is C11H16N2. The summed E-state index contributed by atoms with van der Waals surface area (Å²) in [5.41, 5.74) is 2.39. The summed E-state index contributed by atoms with van der Waals surface area (Å²) in [6, 6.07) is 8.24. The SMILES string of the molecule is C=[N+](C)[CH-]c1ccccc1N(C)C. The second-order valence-electron chi connectivity index (χ2n) is 3.34. The fraction of sp³-hybridized carbons (Fsp3) is 0.273. The van der Waals surface area contributed by atoms with Crippen molar-refractivity contribution in [3.63, 3.8) is 0 Å². The Labute approximate surface area is 80.1 Å². The van der Waals surface area contributed by atoms with E-state index in [4.69, 9.17) is 0 Å². The van der Waals surface area contributed by atoms with Crippen molar-refractivity contribution >= 4 is 12.4 Å². The van der Waals surface area contributed by atoms with Gasteiger partial charge in [-0.25, -0.2) is 0 Å². The van der Waals surface area contributed by atoms with Gasteiger partial charge in [-0.2, -0.15) is 0 Å². The van der Waals surface area contributed by atoms with Gasteiger partial charge in [0.05, 0.1) is 13.3 Å². The average molecular weight is 176 g/mol. The fourth-order valence-corrected chi connectivity index (χ4v) is 1.24. The quantitative estimate of drug-likeness (QED) is 0.385. The lowest BCUT2D eigenvalue weighted by atomic mass is 10.1. The van der Waals surface area contributed by atoms with Gasteiger partial charge in [0.25, 0.3) is 0 Å². The van der Waals surface area contributed by atoms with Gasteiger partial charge in [0.15, 0.2) is 0 Å². The smallest absolute Gasteiger partial charge is 0.120 e. The summed E-state index contributed by atoms with van der Waals surface area (Å²) in [7, 11) is 6.00. The minimum atomic E-state index is 1.19. The molecule has 0 bridgehead atoms. The number of benzene rings is 1. The Hall–Kier alpha value is -1.44. The summed E-state index contributed by atoms with van der Waals surface area (Å²) < 4.78 is 1.81. The van der Waals surface area contributed by atoms with Crippen LogP contribution >= 0.6 is 0 Å². The van der Waals surface area contributed by atoms with Crippen LogP contribution in [0.3, 0.4) is 0 Å². The van der Waals surface area contributed by atoms with Crippen LogP contribution in [0.15, 0.2) is 24.3 Å². The van der Waals surface area contributed by atoms with E-state index in [0.29, 0.717) is 0 Å². The highest BCUT2D eigenvalue weighted by molar-refractivity contribution is 5.54. The van der Waals surface area contributed by atoms with Crippen molar-refractivity contribution in [3.05, 3.63) is 36.4 Å². The Kier molecular flexibility index (Phi) is 2.96. The molecule has 70 valence electrons. The molecule has 0 amide bonds. The topological polar surface area (TPSA) is 6.25 Å². The normalized spacial score (nSPS) is 9.46. The molecule has 0 N–H and O–H groups in total. The molecule has 0 spiro atoms. The van der Waals surface area contributed by atoms with Gasteiger partial charge in [-0.15, -0.1) is 12.1 Å². The first-order valence-electron chi connectivity index (χ1n) is 4.26. The van der Waals surface area contributed by atoms with Crippen LogP contribution in [0, 0.1) is 6.54 Å². The highest BCUT2D eigenvalue weighted by Gasteiger charge is 1.98. The van der Waals surface area contributed by atoms with Crippen LogP contribution in [-0.4, -0.2) is 32.4 Å². The van der Waals surface area contributed by atoms with E-state index in [0.717, 1.165) is 0 Å². The maximum absolute atomic E-state index is 3.79. The lowest BCUT2D eigenvalue weighted by Gasteiger charge is -2.21. The van der Waals surface area contributed by atoms with E-state index >= 15 is 0 Å². The average Bonchev–Trinajstić information content (AvgIpc) is 2.03. The molecule has 0 radical (unpaired) electrons. The van der Waals surface area contributed by atoms with Crippen LogP contribution in [0.1, 0.15) is 5.56 Å². The molecule has 2 nitrogen and oxygen atoms in total. The zero-order valence-electron chi connectivity index (χ0n) is 8.49. The molecule has 1 aromatic carbocycles. The van der Waals surface area contributed by atoms with E-state index in [2.05, 4.69) is 23.8 Å². The van der Waals surface area contributed by atoms with E-state index < -0.39 is 0 Å². The van der Waals surface area contributed by atoms with Crippen molar-refractivity contribution in [1.82, 2.24) is 0 Å². The van der Waals surface area contributed by atoms with Crippen LogP contribution < -0.4 is 4.90 Å². The van der Waals surface area contributed by atoms with Gasteiger partial charge < -0.3 is 4.90 Å². The van der Waals surface area contributed by atoms with E-state index in [1.807, 2.05) is 44.4 Å². The molecule has 0 aliphatic carbocycles. The fourth-order valence-electron chi connectivity index (χ4n) is 1.24.